The molecule has 21 heavy (non-hydrogen) atoms. The van der Waals surface area contributed by atoms with Crippen LogP contribution in [-0.2, 0) is 11.3 Å². The van der Waals surface area contributed by atoms with Gasteiger partial charge in [0.2, 0.25) is 5.91 Å². The highest BCUT2D eigenvalue weighted by Gasteiger charge is 2.05. The highest BCUT2D eigenvalue weighted by molar-refractivity contribution is 8.00. The molecule has 0 fully saturated rings. The van der Waals surface area contributed by atoms with Crippen LogP contribution in [0.3, 0.4) is 0 Å². The molecule has 0 unspecified atom stereocenters. The molecule has 6 heteroatoms. The highest BCUT2D eigenvalue weighted by Crippen LogP contribution is 2.21. The predicted octanol–water partition coefficient (Wildman–Crippen LogP) is 3.47. The zero-order chi connectivity index (χ0) is 15.2. The van der Waals surface area contributed by atoms with Gasteiger partial charge in [-0.15, -0.1) is 11.8 Å². The zero-order valence-electron chi connectivity index (χ0n) is 11.1. The van der Waals surface area contributed by atoms with E-state index in [4.69, 9.17) is 17.3 Å². The fourth-order valence-electron chi connectivity index (χ4n) is 1.60. The number of benzene rings is 2. The maximum Gasteiger partial charge on any atom is 0.230 e. The molecular formula is C15H14ClFN2OS. The van der Waals surface area contributed by atoms with Gasteiger partial charge in [-0.1, -0.05) is 23.7 Å². The Labute approximate surface area is 131 Å². The summed E-state index contributed by atoms with van der Waals surface area (Å²) < 4.78 is 13.3. The van der Waals surface area contributed by atoms with E-state index in [0.29, 0.717) is 16.5 Å². The second-order valence-corrected chi connectivity index (χ2v) is 5.86. The van der Waals surface area contributed by atoms with Crippen molar-refractivity contribution >= 4 is 35.0 Å². The van der Waals surface area contributed by atoms with Crippen molar-refractivity contribution in [2.45, 2.75) is 11.4 Å². The summed E-state index contributed by atoms with van der Waals surface area (Å²) >= 11 is 7.05. The lowest BCUT2D eigenvalue weighted by Crippen LogP contribution is -2.24. The normalized spacial score (nSPS) is 10.4. The van der Waals surface area contributed by atoms with Gasteiger partial charge in [0.1, 0.15) is 5.82 Å². The van der Waals surface area contributed by atoms with Crippen LogP contribution in [-0.4, -0.2) is 11.7 Å². The second-order valence-electron chi connectivity index (χ2n) is 4.38. The number of nitrogen functional groups attached to an aromatic ring is 1. The van der Waals surface area contributed by atoms with E-state index < -0.39 is 5.82 Å². The average Bonchev–Trinajstić information content (AvgIpc) is 2.48. The second kappa shape index (κ2) is 7.33. The molecule has 0 aliphatic heterocycles. The largest absolute Gasteiger partial charge is 0.396 e. The Hall–Kier alpha value is -1.72. The topological polar surface area (TPSA) is 55.1 Å². The van der Waals surface area contributed by atoms with Gasteiger partial charge in [-0.05, 0) is 35.9 Å². The molecule has 0 bridgehead atoms. The van der Waals surface area contributed by atoms with Crippen LogP contribution in [0.4, 0.5) is 10.1 Å². The van der Waals surface area contributed by atoms with Crippen molar-refractivity contribution in [1.82, 2.24) is 5.32 Å². The number of hydrogen-bond acceptors (Lipinski definition) is 3. The van der Waals surface area contributed by atoms with Crippen LogP contribution in [0.2, 0.25) is 5.02 Å². The molecule has 3 nitrogen and oxygen atoms in total. The van der Waals surface area contributed by atoms with Gasteiger partial charge in [0.15, 0.2) is 0 Å². The molecule has 2 aromatic carbocycles. The maximum atomic E-state index is 13.3. The molecule has 1 amide bonds. The van der Waals surface area contributed by atoms with Crippen LogP contribution in [0.5, 0.6) is 0 Å². The summed E-state index contributed by atoms with van der Waals surface area (Å²) in [6.45, 7) is 0.437. The third-order valence-electron chi connectivity index (χ3n) is 2.74. The lowest BCUT2D eigenvalue weighted by Gasteiger charge is -2.06. The molecule has 0 saturated heterocycles. The van der Waals surface area contributed by atoms with Crippen LogP contribution in [0.15, 0.2) is 47.4 Å². The molecule has 0 aromatic heterocycles. The van der Waals surface area contributed by atoms with E-state index in [1.165, 1.54) is 23.9 Å². The van der Waals surface area contributed by atoms with E-state index in [0.717, 1.165) is 5.56 Å². The Kier molecular flexibility index (Phi) is 5.47. The summed E-state index contributed by atoms with van der Waals surface area (Å²) in [6, 6.07) is 11.8. The number of halogens is 2. The van der Waals surface area contributed by atoms with Crippen molar-refractivity contribution in [2.24, 2.45) is 0 Å². The van der Waals surface area contributed by atoms with Crippen LogP contribution < -0.4 is 11.1 Å². The summed E-state index contributed by atoms with van der Waals surface area (Å²) in [5.74, 6) is -0.370. The zero-order valence-corrected chi connectivity index (χ0v) is 12.7. The fraction of sp³-hybridized carbons (Fsp3) is 0.133. The Morgan fingerprint density at radius 1 is 1.24 bits per heavy atom. The van der Waals surface area contributed by atoms with Crippen molar-refractivity contribution < 1.29 is 9.18 Å². The predicted molar refractivity (Wildman–Crippen MR) is 84.8 cm³/mol. The fourth-order valence-corrected chi connectivity index (χ4v) is 2.48. The summed E-state index contributed by atoms with van der Waals surface area (Å²) in [5.41, 5.74) is 6.47. The molecule has 2 aromatic rings. The summed E-state index contributed by atoms with van der Waals surface area (Å²) in [7, 11) is 0. The van der Waals surface area contributed by atoms with E-state index in [2.05, 4.69) is 5.32 Å². The Bertz CT molecular complexity index is 634. The molecule has 0 spiro atoms. The lowest BCUT2D eigenvalue weighted by atomic mass is 10.2. The quantitative estimate of drug-likeness (QED) is 0.654. The number of hydrogen-bond donors (Lipinski definition) is 2. The van der Waals surface area contributed by atoms with Crippen LogP contribution in [0.25, 0.3) is 0 Å². The first kappa shape index (κ1) is 15.7. The van der Waals surface area contributed by atoms with Gasteiger partial charge in [-0.25, -0.2) is 4.39 Å². The van der Waals surface area contributed by atoms with E-state index in [1.54, 1.807) is 18.2 Å². The number of rotatable bonds is 5. The first-order chi connectivity index (χ1) is 10.0. The number of carbonyl (C=O) groups is 1. The molecule has 0 aliphatic rings. The lowest BCUT2D eigenvalue weighted by molar-refractivity contribution is -0.118. The van der Waals surface area contributed by atoms with E-state index in [9.17, 15) is 9.18 Å². The molecule has 0 heterocycles. The van der Waals surface area contributed by atoms with Gasteiger partial charge >= 0.3 is 0 Å². The average molecular weight is 325 g/mol. The van der Waals surface area contributed by atoms with Crippen LogP contribution >= 0.6 is 23.4 Å². The van der Waals surface area contributed by atoms with Gasteiger partial charge < -0.3 is 11.1 Å². The van der Waals surface area contributed by atoms with Crippen molar-refractivity contribution in [1.29, 1.82) is 0 Å². The SMILES string of the molecule is Nc1ccc(SCC(=O)NCc2ccc(Cl)cc2)cc1F. The molecular weight excluding hydrogens is 311 g/mol. The molecule has 3 N–H and O–H groups in total. The highest BCUT2D eigenvalue weighted by atomic mass is 35.5. The molecule has 0 atom stereocenters. The Morgan fingerprint density at radius 3 is 2.62 bits per heavy atom. The summed E-state index contributed by atoms with van der Waals surface area (Å²) in [4.78, 5) is 12.4. The standard InChI is InChI=1S/C15H14ClFN2OS/c16-11-3-1-10(2-4-11)8-19-15(20)9-21-12-5-6-14(18)13(17)7-12/h1-7H,8-9,18H2,(H,19,20). The van der Waals surface area contributed by atoms with Crippen molar-refractivity contribution in [3.8, 4) is 0 Å². The molecule has 0 radical (unpaired) electrons. The Balaban J connectivity index is 1.79. The molecule has 0 aliphatic carbocycles. The van der Waals surface area contributed by atoms with Crippen molar-refractivity contribution in [3.63, 3.8) is 0 Å². The van der Waals surface area contributed by atoms with E-state index in [-0.39, 0.29) is 17.3 Å². The third-order valence-corrected chi connectivity index (χ3v) is 3.99. The first-order valence-corrected chi connectivity index (χ1v) is 7.60. The molecule has 0 saturated carbocycles. The van der Waals surface area contributed by atoms with Crippen LogP contribution in [0.1, 0.15) is 5.56 Å². The number of nitrogens with one attached hydrogen (secondary N) is 1. The molecule has 2 rings (SSSR count). The summed E-state index contributed by atoms with van der Waals surface area (Å²) in [5, 5.41) is 3.45. The smallest absolute Gasteiger partial charge is 0.230 e. The minimum Gasteiger partial charge on any atom is -0.396 e. The number of thioether (sulfide) groups is 1. The van der Waals surface area contributed by atoms with E-state index >= 15 is 0 Å². The third kappa shape index (κ3) is 4.95. The minimum absolute atomic E-state index is 0.103. The molecule has 110 valence electrons. The first-order valence-electron chi connectivity index (χ1n) is 6.23. The number of amides is 1. The van der Waals surface area contributed by atoms with Gasteiger partial charge in [0.25, 0.3) is 0 Å². The van der Waals surface area contributed by atoms with Crippen molar-refractivity contribution in [3.05, 3.63) is 58.9 Å². The van der Waals surface area contributed by atoms with Crippen LogP contribution in [0, 0.1) is 5.82 Å². The van der Waals surface area contributed by atoms with Gasteiger partial charge in [-0.3, -0.25) is 4.79 Å². The number of anilines is 1. The monoisotopic (exact) mass is 324 g/mol. The number of carbonyl (C=O) groups excluding carboxylic acids is 1. The van der Waals surface area contributed by atoms with Gasteiger partial charge in [0.05, 0.1) is 11.4 Å². The minimum atomic E-state index is -0.471. The van der Waals surface area contributed by atoms with Crippen molar-refractivity contribution in [2.75, 3.05) is 11.5 Å². The van der Waals surface area contributed by atoms with Gasteiger partial charge in [0, 0.05) is 16.5 Å². The van der Waals surface area contributed by atoms with E-state index in [1.807, 2.05) is 12.1 Å². The van der Waals surface area contributed by atoms with Gasteiger partial charge in [-0.2, -0.15) is 0 Å². The Morgan fingerprint density at radius 2 is 1.95 bits per heavy atom. The number of nitrogens with two attached hydrogens (primary N) is 1. The maximum absolute atomic E-state index is 13.3. The summed E-state index contributed by atoms with van der Waals surface area (Å²) in [6.07, 6.45) is 0.